The van der Waals surface area contributed by atoms with Gasteiger partial charge in [-0.3, -0.25) is 0 Å². The Hall–Kier alpha value is -1.32. The van der Waals surface area contributed by atoms with E-state index in [1.807, 2.05) is 0 Å². The summed E-state index contributed by atoms with van der Waals surface area (Å²) in [7, 11) is 7.27. The monoisotopic (exact) mass is 364 g/mol. The van der Waals surface area contributed by atoms with Gasteiger partial charge in [-0.2, -0.15) is 10.0 Å². The van der Waals surface area contributed by atoms with Crippen LogP contribution in [0.2, 0.25) is 0 Å². The van der Waals surface area contributed by atoms with Crippen molar-refractivity contribution >= 4 is 33.0 Å². The molecule has 24 heavy (non-hydrogen) atoms. The molecule has 0 aromatic heterocycles. The lowest BCUT2D eigenvalue weighted by Crippen LogP contribution is -2.12. The average molecular weight is 365 g/mol. The lowest BCUT2D eigenvalue weighted by molar-refractivity contribution is 1.08. The Labute approximate surface area is 153 Å². The van der Waals surface area contributed by atoms with Crippen molar-refractivity contribution in [3.8, 4) is 0 Å². The number of benzene rings is 2. The Morgan fingerprint density at radius 2 is 1.29 bits per heavy atom. The summed E-state index contributed by atoms with van der Waals surface area (Å²) in [5, 5.41) is 0. The molecule has 132 valence electrons. The van der Waals surface area contributed by atoms with E-state index in [4.69, 9.17) is 11.6 Å². The van der Waals surface area contributed by atoms with E-state index >= 15 is 0 Å². The molecule has 0 aliphatic carbocycles. The van der Waals surface area contributed by atoms with Crippen LogP contribution in [0.4, 0.5) is 11.4 Å². The fraction of sp³-hybridized carbons (Fsp3) is 0.400. The molecule has 4 heteroatoms. The van der Waals surface area contributed by atoms with E-state index in [0.717, 1.165) is 12.2 Å². The lowest BCUT2D eigenvalue weighted by Gasteiger charge is -2.38. The maximum absolute atomic E-state index is 6.04. The number of hydrogen-bond donors (Lipinski definition) is 0. The van der Waals surface area contributed by atoms with Crippen molar-refractivity contribution in [3.05, 3.63) is 48.5 Å². The fourth-order valence-corrected chi connectivity index (χ4v) is 6.08. The highest BCUT2D eigenvalue weighted by atomic mass is 35.5. The third-order valence-corrected chi connectivity index (χ3v) is 8.36. The molecule has 0 heterocycles. The Balaban J connectivity index is 2.53. The lowest BCUT2D eigenvalue weighted by atomic mass is 10.3. The van der Waals surface area contributed by atoms with Crippen molar-refractivity contribution in [1.82, 2.24) is 0 Å². The first-order chi connectivity index (χ1) is 11.4. The molecule has 0 fully saturated rings. The minimum Gasteiger partial charge on any atom is -0.378 e. The highest BCUT2D eigenvalue weighted by molar-refractivity contribution is 8.33. The number of hydrogen-bond acceptors (Lipinski definition) is 2. The predicted molar refractivity (Wildman–Crippen MR) is 112 cm³/mol. The minimum atomic E-state index is -1.11. The smallest absolute Gasteiger partial charge is 0.0371 e. The van der Waals surface area contributed by atoms with Gasteiger partial charge in [-0.05, 0) is 64.6 Å². The zero-order valence-electron chi connectivity index (χ0n) is 15.4. The molecule has 0 unspecified atom stereocenters. The van der Waals surface area contributed by atoms with Gasteiger partial charge in [0.2, 0.25) is 0 Å². The first kappa shape index (κ1) is 19.0. The van der Waals surface area contributed by atoms with Crippen molar-refractivity contribution in [3.63, 3.8) is 0 Å². The van der Waals surface area contributed by atoms with Crippen molar-refractivity contribution in [2.24, 2.45) is 0 Å². The second kappa shape index (κ2) is 8.17. The van der Waals surface area contributed by atoms with Crippen LogP contribution in [0.1, 0.15) is 6.42 Å². The van der Waals surface area contributed by atoms with Crippen LogP contribution in [0.5, 0.6) is 0 Å². The van der Waals surface area contributed by atoms with Gasteiger partial charge in [0, 0.05) is 45.4 Å². The normalized spacial score (nSPS) is 12.1. The molecule has 0 N–H and O–H groups in total. The molecule has 0 saturated carbocycles. The van der Waals surface area contributed by atoms with E-state index in [2.05, 4.69) is 92.8 Å². The van der Waals surface area contributed by atoms with E-state index in [9.17, 15) is 0 Å². The van der Waals surface area contributed by atoms with E-state index in [1.54, 1.807) is 0 Å². The van der Waals surface area contributed by atoms with Crippen molar-refractivity contribution in [1.29, 1.82) is 0 Å². The Morgan fingerprint density at radius 3 is 1.67 bits per heavy atom. The molecular formula is C20H29ClN2S. The van der Waals surface area contributed by atoms with E-state index in [-0.39, 0.29) is 0 Å². The SMILES string of the molecule is CN(C)c1cccc(S(C)(CCCCl)c2cccc(N(C)C)c2)c1. The number of rotatable bonds is 7. The third-order valence-electron chi connectivity index (χ3n) is 4.39. The van der Waals surface area contributed by atoms with Crippen LogP contribution in [-0.4, -0.2) is 46.1 Å². The molecule has 0 aliphatic rings. The summed E-state index contributed by atoms with van der Waals surface area (Å²) in [6, 6.07) is 17.9. The van der Waals surface area contributed by atoms with Gasteiger partial charge in [-0.25, -0.2) is 0 Å². The van der Waals surface area contributed by atoms with Crippen LogP contribution in [0.15, 0.2) is 58.3 Å². The average Bonchev–Trinajstić information content (AvgIpc) is 2.59. The maximum Gasteiger partial charge on any atom is 0.0371 e. The van der Waals surface area contributed by atoms with Crippen LogP contribution in [0.3, 0.4) is 0 Å². The van der Waals surface area contributed by atoms with Gasteiger partial charge in [0.05, 0.1) is 0 Å². The third kappa shape index (κ3) is 4.20. The molecule has 2 aromatic carbocycles. The summed E-state index contributed by atoms with van der Waals surface area (Å²) in [6.07, 6.45) is 3.45. The molecule has 0 atom stereocenters. The second-order valence-electron chi connectivity index (χ2n) is 6.62. The van der Waals surface area contributed by atoms with Crippen molar-refractivity contribution in [2.45, 2.75) is 16.2 Å². The van der Waals surface area contributed by atoms with Crippen LogP contribution in [0, 0.1) is 0 Å². The molecule has 2 nitrogen and oxygen atoms in total. The first-order valence-corrected chi connectivity index (χ1v) is 11.0. The van der Waals surface area contributed by atoms with Gasteiger partial charge in [0.1, 0.15) is 0 Å². The summed E-state index contributed by atoms with van der Waals surface area (Å²) >= 11 is 6.04. The summed E-state index contributed by atoms with van der Waals surface area (Å²) in [6.45, 7) is 0. The molecule has 0 amide bonds. The van der Waals surface area contributed by atoms with Crippen LogP contribution in [0.25, 0.3) is 0 Å². The first-order valence-electron chi connectivity index (χ1n) is 8.25. The predicted octanol–water partition coefficient (Wildman–Crippen LogP) is 5.30. The topological polar surface area (TPSA) is 6.48 Å². The molecule has 0 aliphatic heterocycles. The molecule has 0 saturated heterocycles. The number of alkyl halides is 1. The largest absolute Gasteiger partial charge is 0.378 e. The summed E-state index contributed by atoms with van der Waals surface area (Å²) < 4.78 is 0. The molecular weight excluding hydrogens is 336 g/mol. The highest BCUT2D eigenvalue weighted by Crippen LogP contribution is 2.60. The molecule has 2 rings (SSSR count). The Kier molecular flexibility index (Phi) is 6.47. The summed E-state index contributed by atoms with van der Waals surface area (Å²) in [5.41, 5.74) is 2.50. The van der Waals surface area contributed by atoms with Gasteiger partial charge in [-0.1, -0.05) is 12.1 Å². The quantitative estimate of drug-likeness (QED) is 0.615. The summed E-state index contributed by atoms with van der Waals surface area (Å²) in [4.78, 5) is 7.19. The van der Waals surface area contributed by atoms with Gasteiger partial charge in [-0.15, -0.1) is 11.6 Å². The Morgan fingerprint density at radius 1 is 0.833 bits per heavy atom. The maximum atomic E-state index is 6.04. The summed E-state index contributed by atoms with van der Waals surface area (Å²) in [5.74, 6) is 1.83. The molecule has 2 aromatic rings. The van der Waals surface area contributed by atoms with Crippen molar-refractivity contribution < 1.29 is 0 Å². The van der Waals surface area contributed by atoms with Crippen LogP contribution < -0.4 is 9.80 Å². The van der Waals surface area contributed by atoms with E-state index < -0.39 is 10.0 Å². The van der Waals surface area contributed by atoms with E-state index in [0.29, 0.717) is 5.88 Å². The molecule has 0 spiro atoms. The van der Waals surface area contributed by atoms with Gasteiger partial charge in [0.25, 0.3) is 0 Å². The number of nitrogens with zero attached hydrogens (tertiary/aromatic N) is 2. The number of anilines is 2. The van der Waals surface area contributed by atoms with Gasteiger partial charge in [0.15, 0.2) is 0 Å². The van der Waals surface area contributed by atoms with Crippen molar-refractivity contribution in [2.75, 3.05) is 55.9 Å². The van der Waals surface area contributed by atoms with Gasteiger partial charge >= 0.3 is 0 Å². The zero-order chi connectivity index (χ0) is 17.7. The second-order valence-corrected chi connectivity index (χ2v) is 10.5. The zero-order valence-corrected chi connectivity index (χ0v) is 17.0. The Bertz CT molecular complexity index is 619. The van der Waals surface area contributed by atoms with Crippen LogP contribution >= 0.6 is 21.6 Å². The standard InChI is InChI=1S/C20H29ClN2S/c1-22(2)17-9-6-11-19(15-17)24(5,14-8-13-21)20-12-7-10-18(16-20)23(3)4/h6-7,9-12,15-16H,8,13-14H2,1-5H3. The van der Waals surface area contributed by atoms with Crippen LogP contribution in [-0.2, 0) is 0 Å². The molecule has 0 bridgehead atoms. The number of halogens is 1. The molecule has 0 radical (unpaired) electrons. The van der Waals surface area contributed by atoms with E-state index in [1.165, 1.54) is 21.2 Å². The fourth-order valence-electron chi connectivity index (χ4n) is 2.80. The highest BCUT2D eigenvalue weighted by Gasteiger charge is 2.24. The minimum absolute atomic E-state index is 0.712. The van der Waals surface area contributed by atoms with Gasteiger partial charge < -0.3 is 9.80 Å².